The van der Waals surface area contributed by atoms with Crippen LogP contribution in [0.4, 0.5) is 5.69 Å². The highest BCUT2D eigenvalue weighted by Gasteiger charge is 2.33. The first-order valence-electron chi connectivity index (χ1n) is 5.72. The molecular formula is C11H13Cl2N3O2. The van der Waals surface area contributed by atoms with Crippen molar-refractivity contribution >= 4 is 34.8 Å². The summed E-state index contributed by atoms with van der Waals surface area (Å²) in [5, 5.41) is 2.95. The Kier molecular flexibility index (Phi) is 4.37. The highest BCUT2D eigenvalue weighted by molar-refractivity contribution is 6.38. The number of halogens is 2. The number of aromatic nitrogens is 2. The van der Waals surface area contributed by atoms with Crippen molar-refractivity contribution in [2.45, 2.75) is 25.9 Å². The van der Waals surface area contributed by atoms with E-state index in [0.29, 0.717) is 13.0 Å². The van der Waals surface area contributed by atoms with Gasteiger partial charge in [-0.25, -0.2) is 9.97 Å². The van der Waals surface area contributed by atoms with Gasteiger partial charge >= 0.3 is 0 Å². The Hall–Kier alpha value is -0.910. The topological polar surface area (TPSA) is 64.1 Å². The molecule has 2 atom stereocenters. The van der Waals surface area contributed by atoms with E-state index in [1.165, 1.54) is 6.33 Å². The van der Waals surface area contributed by atoms with E-state index in [1.54, 1.807) is 0 Å². The number of ether oxygens (including phenoxy) is 1. The number of amides is 1. The summed E-state index contributed by atoms with van der Waals surface area (Å²) in [5.74, 6) is -0.333. The van der Waals surface area contributed by atoms with Crippen molar-refractivity contribution in [3.8, 4) is 0 Å². The molecule has 0 radical (unpaired) electrons. The van der Waals surface area contributed by atoms with Gasteiger partial charge in [-0.1, -0.05) is 30.1 Å². The van der Waals surface area contributed by atoms with Crippen LogP contribution in [0.1, 0.15) is 19.8 Å². The van der Waals surface area contributed by atoms with Crippen molar-refractivity contribution in [3.05, 3.63) is 16.6 Å². The molecule has 0 bridgehead atoms. The van der Waals surface area contributed by atoms with Crippen molar-refractivity contribution in [3.63, 3.8) is 0 Å². The number of hydrogen-bond acceptors (Lipinski definition) is 4. The van der Waals surface area contributed by atoms with E-state index in [4.69, 9.17) is 27.9 Å². The van der Waals surface area contributed by atoms with Gasteiger partial charge in [-0.3, -0.25) is 4.79 Å². The summed E-state index contributed by atoms with van der Waals surface area (Å²) >= 11 is 11.7. The number of hydrogen-bond donors (Lipinski definition) is 1. The van der Waals surface area contributed by atoms with Crippen molar-refractivity contribution in [1.29, 1.82) is 0 Å². The van der Waals surface area contributed by atoms with Crippen LogP contribution in [0, 0.1) is 5.92 Å². The van der Waals surface area contributed by atoms with E-state index in [9.17, 15) is 4.79 Å². The fourth-order valence-corrected chi connectivity index (χ4v) is 2.42. The molecule has 0 spiro atoms. The molecule has 0 aromatic carbocycles. The van der Waals surface area contributed by atoms with Crippen LogP contribution in [0.25, 0.3) is 0 Å². The summed E-state index contributed by atoms with van der Waals surface area (Å²) in [6, 6.07) is 0. The normalized spacial score (nSPS) is 23.1. The highest BCUT2D eigenvalue weighted by atomic mass is 35.5. The summed E-state index contributed by atoms with van der Waals surface area (Å²) in [6.07, 6.45) is 2.69. The van der Waals surface area contributed by atoms with Crippen LogP contribution in [0.5, 0.6) is 0 Å². The Morgan fingerprint density at radius 2 is 2.17 bits per heavy atom. The summed E-state index contributed by atoms with van der Waals surface area (Å²) < 4.78 is 5.48. The number of anilines is 1. The van der Waals surface area contributed by atoms with E-state index in [2.05, 4.69) is 15.3 Å². The van der Waals surface area contributed by atoms with Crippen LogP contribution in [-0.4, -0.2) is 28.6 Å². The molecule has 2 heterocycles. The number of carbonyl (C=O) groups excluding carboxylic acids is 1. The van der Waals surface area contributed by atoms with E-state index >= 15 is 0 Å². The zero-order valence-corrected chi connectivity index (χ0v) is 11.3. The summed E-state index contributed by atoms with van der Waals surface area (Å²) in [6.45, 7) is 2.59. The van der Waals surface area contributed by atoms with E-state index < -0.39 is 0 Å². The van der Waals surface area contributed by atoms with Crippen LogP contribution in [0.15, 0.2) is 6.33 Å². The lowest BCUT2D eigenvalue weighted by Crippen LogP contribution is -2.29. The minimum atomic E-state index is -0.178. The number of carbonyl (C=O) groups is 1. The Labute approximate surface area is 115 Å². The largest absolute Gasteiger partial charge is 0.377 e. The van der Waals surface area contributed by atoms with Gasteiger partial charge in [-0.05, 0) is 12.8 Å². The van der Waals surface area contributed by atoms with Crippen LogP contribution in [0.3, 0.4) is 0 Å². The third-order valence-electron chi connectivity index (χ3n) is 2.95. The lowest BCUT2D eigenvalue weighted by Gasteiger charge is -2.16. The second-order valence-electron chi connectivity index (χ2n) is 4.03. The molecule has 1 aliphatic rings. The third-order valence-corrected chi connectivity index (χ3v) is 3.52. The van der Waals surface area contributed by atoms with Gasteiger partial charge in [-0.15, -0.1) is 0 Å². The predicted molar refractivity (Wildman–Crippen MR) is 68.8 cm³/mol. The molecule has 5 nitrogen and oxygen atoms in total. The first-order chi connectivity index (χ1) is 8.63. The minimum Gasteiger partial charge on any atom is -0.377 e. The van der Waals surface area contributed by atoms with Gasteiger partial charge < -0.3 is 10.1 Å². The fraction of sp³-hybridized carbons (Fsp3) is 0.545. The van der Waals surface area contributed by atoms with E-state index in [-0.39, 0.29) is 33.9 Å². The Bertz CT molecular complexity index is 436. The van der Waals surface area contributed by atoms with Gasteiger partial charge in [0.1, 0.15) is 12.0 Å². The first kappa shape index (κ1) is 13.5. The molecule has 1 aromatic rings. The Balaban J connectivity index is 2.12. The quantitative estimate of drug-likeness (QED) is 0.869. The molecule has 1 aromatic heterocycles. The lowest BCUT2D eigenvalue weighted by atomic mass is 9.99. The summed E-state index contributed by atoms with van der Waals surface area (Å²) in [7, 11) is 0. The molecule has 18 heavy (non-hydrogen) atoms. The zero-order valence-electron chi connectivity index (χ0n) is 9.82. The van der Waals surface area contributed by atoms with Gasteiger partial charge in [0, 0.05) is 6.61 Å². The van der Waals surface area contributed by atoms with Crippen LogP contribution < -0.4 is 5.32 Å². The molecule has 98 valence electrons. The van der Waals surface area contributed by atoms with Gasteiger partial charge in [-0.2, -0.15) is 0 Å². The molecule has 0 saturated carbocycles. The van der Waals surface area contributed by atoms with Gasteiger partial charge in [0.2, 0.25) is 5.91 Å². The lowest BCUT2D eigenvalue weighted by molar-refractivity contribution is -0.121. The predicted octanol–water partition coefficient (Wildman–Crippen LogP) is 2.54. The molecule has 7 heteroatoms. The number of rotatable bonds is 3. The Morgan fingerprint density at radius 1 is 1.50 bits per heavy atom. The van der Waals surface area contributed by atoms with Crippen LogP contribution in [0.2, 0.25) is 10.3 Å². The highest BCUT2D eigenvalue weighted by Crippen LogP contribution is 2.29. The van der Waals surface area contributed by atoms with Gasteiger partial charge in [0.15, 0.2) is 10.3 Å². The molecular weight excluding hydrogens is 277 g/mol. The average molecular weight is 290 g/mol. The maximum atomic E-state index is 12.1. The minimum absolute atomic E-state index is 0.0489. The monoisotopic (exact) mass is 289 g/mol. The summed E-state index contributed by atoms with van der Waals surface area (Å²) in [4.78, 5) is 19.7. The van der Waals surface area contributed by atoms with Crippen molar-refractivity contribution < 1.29 is 9.53 Å². The van der Waals surface area contributed by atoms with Crippen LogP contribution in [-0.2, 0) is 9.53 Å². The van der Waals surface area contributed by atoms with Gasteiger partial charge in [0.05, 0.1) is 12.0 Å². The second kappa shape index (κ2) is 5.82. The first-order valence-corrected chi connectivity index (χ1v) is 6.47. The molecule has 1 saturated heterocycles. The smallest absolute Gasteiger partial charge is 0.230 e. The third kappa shape index (κ3) is 2.74. The molecule has 2 rings (SSSR count). The van der Waals surface area contributed by atoms with Gasteiger partial charge in [0.25, 0.3) is 0 Å². The van der Waals surface area contributed by atoms with Crippen molar-refractivity contribution in [2.24, 2.45) is 5.92 Å². The molecule has 0 aliphatic carbocycles. The van der Waals surface area contributed by atoms with Crippen molar-refractivity contribution in [2.75, 3.05) is 11.9 Å². The molecule has 1 N–H and O–H groups in total. The molecule has 1 aliphatic heterocycles. The molecule has 2 unspecified atom stereocenters. The Morgan fingerprint density at radius 3 is 2.78 bits per heavy atom. The zero-order chi connectivity index (χ0) is 13.1. The van der Waals surface area contributed by atoms with E-state index in [0.717, 1.165) is 6.42 Å². The molecule has 1 amide bonds. The SMILES string of the molecule is CCC1OCCC1C(=O)Nc1c(Cl)ncnc1Cl. The number of nitrogens with one attached hydrogen (secondary N) is 1. The van der Waals surface area contributed by atoms with Crippen LogP contribution >= 0.6 is 23.2 Å². The maximum Gasteiger partial charge on any atom is 0.230 e. The molecule has 1 fully saturated rings. The van der Waals surface area contributed by atoms with Crippen molar-refractivity contribution in [1.82, 2.24) is 9.97 Å². The standard InChI is InChI=1S/C11H13Cl2N3O2/c1-2-7-6(3-4-18-7)11(17)16-8-9(12)14-5-15-10(8)13/h5-7H,2-4H2,1H3,(H,16,17). The second-order valence-corrected chi connectivity index (χ2v) is 4.75. The maximum absolute atomic E-state index is 12.1. The average Bonchev–Trinajstić information content (AvgIpc) is 2.82. The summed E-state index contributed by atoms with van der Waals surface area (Å²) in [5.41, 5.74) is 0.257. The number of nitrogens with zero attached hydrogens (tertiary/aromatic N) is 2. The van der Waals surface area contributed by atoms with E-state index in [1.807, 2.05) is 6.92 Å². The fourth-order valence-electron chi connectivity index (χ4n) is 2.01.